The van der Waals surface area contributed by atoms with Gasteiger partial charge in [-0.05, 0) is 53.7 Å². The molecule has 134 valence electrons. The van der Waals surface area contributed by atoms with Gasteiger partial charge in [0.15, 0.2) is 24.0 Å². The minimum absolute atomic E-state index is 0.0673. The summed E-state index contributed by atoms with van der Waals surface area (Å²) in [6.07, 6.45) is 0. The molecule has 3 aromatic rings. The third-order valence-corrected chi connectivity index (χ3v) is 3.84. The second kappa shape index (κ2) is 7.56. The Morgan fingerprint density at radius 2 is 2.04 bits per heavy atom. The van der Waals surface area contributed by atoms with Crippen molar-refractivity contribution in [1.29, 1.82) is 0 Å². The number of ether oxygens (including phenoxy) is 1. The van der Waals surface area contributed by atoms with Crippen LogP contribution in [0.4, 0.5) is 14.5 Å². The number of aryl methyl sites for hydroxylation is 1. The lowest BCUT2D eigenvalue weighted by atomic mass is 10.2. The maximum atomic E-state index is 14.0. The summed E-state index contributed by atoms with van der Waals surface area (Å²) in [6.45, 7) is 1.20. The van der Waals surface area contributed by atoms with E-state index in [-0.39, 0.29) is 11.4 Å². The van der Waals surface area contributed by atoms with Gasteiger partial charge in [0.2, 0.25) is 0 Å². The van der Waals surface area contributed by atoms with Gasteiger partial charge in [0.1, 0.15) is 5.82 Å². The third-order valence-electron chi connectivity index (χ3n) is 3.35. The lowest BCUT2D eigenvalue weighted by Crippen LogP contribution is -2.21. The van der Waals surface area contributed by atoms with Crippen molar-refractivity contribution in [2.75, 3.05) is 11.9 Å². The molecule has 0 bridgehead atoms. The molecule has 7 nitrogen and oxygen atoms in total. The van der Waals surface area contributed by atoms with E-state index in [9.17, 15) is 13.6 Å². The number of hydrogen-bond acceptors (Lipinski definition) is 5. The summed E-state index contributed by atoms with van der Waals surface area (Å²) in [5.41, 5.74) is 0.409. The Labute approximate surface area is 155 Å². The van der Waals surface area contributed by atoms with Crippen LogP contribution in [0.3, 0.4) is 0 Å². The first kappa shape index (κ1) is 17.9. The standard InChI is InChI=1S/C16H12BrF2N5O2/c1-9-21-22-23-24(9)11-3-4-12(18)14(7-11)20-16(25)8-26-15-5-2-10(17)6-13(15)19/h2-7H,8H2,1H3,(H,20,25). The Bertz CT molecular complexity index is 964. The van der Waals surface area contributed by atoms with Crippen LogP contribution in [0.15, 0.2) is 40.9 Å². The number of carbonyl (C=O) groups is 1. The Kier molecular flexibility index (Phi) is 5.21. The molecule has 0 fully saturated rings. The van der Waals surface area contributed by atoms with Gasteiger partial charge in [-0.15, -0.1) is 5.10 Å². The molecular weight excluding hydrogens is 412 g/mol. The minimum Gasteiger partial charge on any atom is -0.481 e. The van der Waals surface area contributed by atoms with E-state index in [0.717, 1.165) is 0 Å². The number of aromatic nitrogens is 4. The molecule has 0 spiro atoms. The van der Waals surface area contributed by atoms with Crippen molar-refractivity contribution < 1.29 is 18.3 Å². The van der Waals surface area contributed by atoms with E-state index in [4.69, 9.17) is 4.74 Å². The number of halogens is 3. The number of tetrazole rings is 1. The molecule has 0 aliphatic carbocycles. The van der Waals surface area contributed by atoms with Gasteiger partial charge in [0.05, 0.1) is 11.4 Å². The van der Waals surface area contributed by atoms with Crippen LogP contribution in [-0.2, 0) is 4.79 Å². The SMILES string of the molecule is Cc1nnnn1-c1ccc(F)c(NC(=O)COc2ccc(Br)cc2F)c1. The molecule has 0 aliphatic heterocycles. The zero-order valence-electron chi connectivity index (χ0n) is 13.4. The summed E-state index contributed by atoms with van der Waals surface area (Å²) in [5.74, 6) is -1.47. The van der Waals surface area contributed by atoms with Gasteiger partial charge in [-0.2, -0.15) is 4.68 Å². The van der Waals surface area contributed by atoms with Gasteiger partial charge in [-0.25, -0.2) is 8.78 Å². The molecule has 10 heteroatoms. The number of nitrogens with zero attached hydrogens (tertiary/aromatic N) is 4. The normalized spacial score (nSPS) is 10.6. The first-order chi connectivity index (χ1) is 12.4. The number of benzene rings is 2. The minimum atomic E-state index is -0.642. The lowest BCUT2D eigenvalue weighted by Gasteiger charge is -2.10. The van der Waals surface area contributed by atoms with Crippen molar-refractivity contribution in [2.45, 2.75) is 6.92 Å². The fraction of sp³-hybridized carbons (Fsp3) is 0.125. The highest BCUT2D eigenvalue weighted by Gasteiger charge is 2.12. The van der Waals surface area contributed by atoms with Crippen molar-refractivity contribution in [2.24, 2.45) is 0 Å². The van der Waals surface area contributed by atoms with Crippen molar-refractivity contribution >= 4 is 27.5 Å². The Hall–Kier alpha value is -2.88. The number of rotatable bonds is 5. The number of carbonyl (C=O) groups excluding carboxylic acids is 1. The summed E-state index contributed by atoms with van der Waals surface area (Å²) < 4.78 is 34.7. The predicted molar refractivity (Wildman–Crippen MR) is 92.1 cm³/mol. The molecule has 0 saturated carbocycles. The van der Waals surface area contributed by atoms with Crippen molar-refractivity contribution in [3.8, 4) is 11.4 Å². The molecule has 1 aromatic heterocycles. The average molecular weight is 424 g/mol. The second-order valence-corrected chi connectivity index (χ2v) is 6.13. The van der Waals surface area contributed by atoms with Crippen molar-refractivity contribution in [3.05, 3.63) is 58.3 Å². The smallest absolute Gasteiger partial charge is 0.262 e. The van der Waals surface area contributed by atoms with E-state index in [1.807, 2.05) is 0 Å². The molecule has 0 radical (unpaired) electrons. The molecule has 3 rings (SSSR count). The third kappa shape index (κ3) is 4.02. The Balaban J connectivity index is 1.70. The first-order valence-corrected chi connectivity index (χ1v) is 8.16. The Morgan fingerprint density at radius 3 is 2.73 bits per heavy atom. The largest absolute Gasteiger partial charge is 0.481 e. The van der Waals surface area contributed by atoms with Crippen LogP contribution >= 0.6 is 15.9 Å². The number of nitrogens with one attached hydrogen (secondary N) is 1. The van der Waals surface area contributed by atoms with E-state index in [1.54, 1.807) is 13.0 Å². The highest BCUT2D eigenvalue weighted by molar-refractivity contribution is 9.10. The first-order valence-electron chi connectivity index (χ1n) is 7.36. The van der Waals surface area contributed by atoms with Gasteiger partial charge < -0.3 is 10.1 Å². The van der Waals surface area contributed by atoms with Gasteiger partial charge in [-0.3, -0.25) is 4.79 Å². The molecule has 0 atom stereocenters. The van der Waals surface area contributed by atoms with Gasteiger partial charge in [-0.1, -0.05) is 15.9 Å². The summed E-state index contributed by atoms with van der Waals surface area (Å²) in [7, 11) is 0. The molecular formula is C16H12BrF2N5O2. The van der Waals surface area contributed by atoms with E-state index in [1.165, 1.54) is 35.0 Å². The molecule has 0 unspecified atom stereocenters. The molecule has 1 N–H and O–H groups in total. The van der Waals surface area contributed by atoms with Gasteiger partial charge >= 0.3 is 0 Å². The van der Waals surface area contributed by atoms with Gasteiger partial charge in [0.25, 0.3) is 5.91 Å². The van der Waals surface area contributed by atoms with Gasteiger partial charge in [0, 0.05) is 4.47 Å². The van der Waals surface area contributed by atoms with E-state index in [0.29, 0.717) is 16.0 Å². The predicted octanol–water partition coefficient (Wildman–Crippen LogP) is 3.03. The highest BCUT2D eigenvalue weighted by atomic mass is 79.9. The van der Waals surface area contributed by atoms with Crippen LogP contribution in [0, 0.1) is 18.6 Å². The summed E-state index contributed by atoms with van der Waals surface area (Å²) >= 11 is 3.12. The lowest BCUT2D eigenvalue weighted by molar-refractivity contribution is -0.118. The number of hydrogen-bond donors (Lipinski definition) is 1. The zero-order chi connectivity index (χ0) is 18.7. The van der Waals surface area contributed by atoms with Crippen LogP contribution in [0.2, 0.25) is 0 Å². The van der Waals surface area contributed by atoms with E-state index >= 15 is 0 Å². The summed E-state index contributed by atoms with van der Waals surface area (Å²) in [5, 5.41) is 13.4. The molecule has 2 aromatic carbocycles. The maximum absolute atomic E-state index is 14.0. The van der Waals surface area contributed by atoms with E-state index < -0.39 is 24.1 Å². The summed E-state index contributed by atoms with van der Waals surface area (Å²) in [4.78, 5) is 12.0. The quantitative estimate of drug-likeness (QED) is 0.681. The maximum Gasteiger partial charge on any atom is 0.262 e. The van der Waals surface area contributed by atoms with Crippen LogP contribution in [0.5, 0.6) is 5.75 Å². The number of anilines is 1. The molecule has 1 heterocycles. The van der Waals surface area contributed by atoms with Crippen LogP contribution < -0.4 is 10.1 Å². The average Bonchev–Trinajstić information content (AvgIpc) is 3.02. The van der Waals surface area contributed by atoms with Crippen molar-refractivity contribution in [1.82, 2.24) is 20.2 Å². The molecule has 26 heavy (non-hydrogen) atoms. The highest BCUT2D eigenvalue weighted by Crippen LogP contribution is 2.22. The van der Waals surface area contributed by atoms with E-state index in [2.05, 4.69) is 36.8 Å². The molecule has 0 aliphatic rings. The monoisotopic (exact) mass is 423 g/mol. The zero-order valence-corrected chi connectivity index (χ0v) is 15.0. The van der Waals surface area contributed by atoms with Crippen LogP contribution in [0.1, 0.15) is 5.82 Å². The second-order valence-electron chi connectivity index (χ2n) is 5.21. The van der Waals surface area contributed by atoms with Crippen molar-refractivity contribution in [3.63, 3.8) is 0 Å². The molecule has 0 saturated heterocycles. The van der Waals surface area contributed by atoms with Crippen LogP contribution in [0.25, 0.3) is 5.69 Å². The summed E-state index contributed by atoms with van der Waals surface area (Å²) in [6, 6.07) is 8.22. The van der Waals surface area contributed by atoms with Crippen LogP contribution in [-0.4, -0.2) is 32.7 Å². The number of amides is 1. The topological polar surface area (TPSA) is 81.9 Å². The fourth-order valence-corrected chi connectivity index (χ4v) is 2.47. The Morgan fingerprint density at radius 1 is 1.23 bits per heavy atom. The fourth-order valence-electron chi connectivity index (χ4n) is 2.13. The molecule has 1 amide bonds.